The van der Waals surface area contributed by atoms with E-state index in [1.165, 1.54) is 0 Å². The van der Waals surface area contributed by atoms with Crippen molar-refractivity contribution in [3.05, 3.63) is 41.6 Å². The highest BCUT2D eigenvalue weighted by atomic mass is 16.5. The average molecular weight is 356 g/mol. The highest BCUT2D eigenvalue weighted by Gasteiger charge is 2.26. The predicted octanol–water partition coefficient (Wildman–Crippen LogP) is 3.78. The number of hydrogen-bond acceptors (Lipinski definition) is 3. The molecule has 1 aliphatic rings. The number of nitrogens with one attached hydrogen (secondary N) is 2. The number of urea groups is 1. The van der Waals surface area contributed by atoms with Crippen molar-refractivity contribution in [1.82, 2.24) is 15.1 Å². The molecule has 2 heterocycles. The van der Waals surface area contributed by atoms with Crippen LogP contribution in [0.5, 0.6) is 0 Å². The van der Waals surface area contributed by atoms with E-state index >= 15 is 0 Å². The molecule has 0 saturated carbocycles. The van der Waals surface area contributed by atoms with Gasteiger partial charge in [-0.25, -0.2) is 9.48 Å². The molecular weight excluding hydrogens is 328 g/mol. The standard InChI is InChI=1S/C20H28N4O2/c1-14-17(20(2,3)4)23-24(15-9-6-5-7-10-15)18(14)22-19(25)21-13-16-11-8-12-26-16/h5-7,9-10,16H,8,11-13H2,1-4H3,(H2,21,22,25). The van der Waals surface area contributed by atoms with Gasteiger partial charge in [-0.3, -0.25) is 5.32 Å². The molecule has 2 amide bonds. The smallest absolute Gasteiger partial charge is 0.320 e. The van der Waals surface area contributed by atoms with E-state index in [1.54, 1.807) is 0 Å². The SMILES string of the molecule is Cc1c(C(C)(C)C)nn(-c2ccccc2)c1NC(=O)NCC1CCCO1. The highest BCUT2D eigenvalue weighted by molar-refractivity contribution is 5.89. The van der Waals surface area contributed by atoms with Crippen molar-refractivity contribution in [2.45, 2.75) is 52.1 Å². The molecule has 1 aromatic heterocycles. The number of nitrogens with zero attached hydrogens (tertiary/aromatic N) is 2. The molecule has 2 aromatic rings. The molecule has 6 nitrogen and oxygen atoms in total. The first-order valence-corrected chi connectivity index (χ1v) is 9.18. The van der Waals surface area contributed by atoms with Crippen LogP contribution in [0, 0.1) is 6.92 Å². The Kier molecular flexibility index (Phi) is 5.32. The maximum absolute atomic E-state index is 12.4. The molecule has 1 aromatic carbocycles. The number of rotatable bonds is 4. The van der Waals surface area contributed by atoms with Gasteiger partial charge in [0, 0.05) is 24.1 Å². The molecule has 140 valence electrons. The van der Waals surface area contributed by atoms with Crippen molar-refractivity contribution in [2.24, 2.45) is 0 Å². The molecule has 1 aliphatic heterocycles. The van der Waals surface area contributed by atoms with Crippen molar-refractivity contribution >= 4 is 11.8 Å². The summed E-state index contributed by atoms with van der Waals surface area (Å²) in [7, 11) is 0. The maximum Gasteiger partial charge on any atom is 0.320 e. The van der Waals surface area contributed by atoms with Crippen LogP contribution in [0.3, 0.4) is 0 Å². The summed E-state index contributed by atoms with van der Waals surface area (Å²) in [5.74, 6) is 0.700. The Morgan fingerprint density at radius 2 is 2.04 bits per heavy atom. The average Bonchev–Trinajstić information content (AvgIpc) is 3.22. The monoisotopic (exact) mass is 356 g/mol. The predicted molar refractivity (Wildman–Crippen MR) is 103 cm³/mol. The van der Waals surface area contributed by atoms with Gasteiger partial charge in [0.2, 0.25) is 0 Å². The van der Waals surface area contributed by atoms with Crippen molar-refractivity contribution in [2.75, 3.05) is 18.5 Å². The third-order valence-electron chi connectivity index (χ3n) is 4.58. The number of aromatic nitrogens is 2. The van der Waals surface area contributed by atoms with Gasteiger partial charge in [0.25, 0.3) is 0 Å². The summed E-state index contributed by atoms with van der Waals surface area (Å²) in [4.78, 5) is 12.4. The van der Waals surface area contributed by atoms with Gasteiger partial charge in [-0.1, -0.05) is 39.0 Å². The zero-order valence-corrected chi connectivity index (χ0v) is 16.0. The molecule has 0 aliphatic carbocycles. The second-order valence-corrected chi connectivity index (χ2v) is 7.79. The fourth-order valence-electron chi connectivity index (χ4n) is 3.27. The molecule has 3 rings (SSSR count). The van der Waals surface area contributed by atoms with E-state index in [9.17, 15) is 4.79 Å². The van der Waals surface area contributed by atoms with Crippen LogP contribution in [-0.2, 0) is 10.2 Å². The lowest BCUT2D eigenvalue weighted by Gasteiger charge is -2.16. The molecule has 0 bridgehead atoms. The summed E-state index contributed by atoms with van der Waals surface area (Å²) in [6, 6.07) is 9.62. The van der Waals surface area contributed by atoms with Crippen molar-refractivity contribution < 1.29 is 9.53 Å². The Bertz CT molecular complexity index is 756. The Labute approximate surface area is 154 Å². The Balaban J connectivity index is 1.84. The third-order valence-corrected chi connectivity index (χ3v) is 4.58. The molecule has 0 spiro atoms. The number of anilines is 1. The summed E-state index contributed by atoms with van der Waals surface area (Å²) in [6.45, 7) is 9.68. The topological polar surface area (TPSA) is 68.2 Å². The molecule has 1 saturated heterocycles. The number of hydrogen-bond donors (Lipinski definition) is 2. The van der Waals surface area contributed by atoms with E-state index in [2.05, 4.69) is 31.4 Å². The van der Waals surface area contributed by atoms with Gasteiger partial charge in [0.15, 0.2) is 0 Å². The van der Waals surface area contributed by atoms with Crippen LogP contribution in [0.4, 0.5) is 10.6 Å². The zero-order chi connectivity index (χ0) is 18.7. The van der Waals surface area contributed by atoms with Gasteiger partial charge in [-0.15, -0.1) is 0 Å². The minimum Gasteiger partial charge on any atom is -0.376 e. The first-order chi connectivity index (χ1) is 12.4. The minimum atomic E-state index is -0.235. The van der Waals surface area contributed by atoms with Gasteiger partial charge in [0.05, 0.1) is 17.5 Å². The Morgan fingerprint density at radius 1 is 1.31 bits per heavy atom. The molecule has 1 atom stereocenters. The summed E-state index contributed by atoms with van der Waals surface area (Å²) in [5, 5.41) is 10.7. The van der Waals surface area contributed by atoms with Crippen LogP contribution in [-0.4, -0.2) is 35.1 Å². The van der Waals surface area contributed by atoms with Gasteiger partial charge in [-0.2, -0.15) is 5.10 Å². The van der Waals surface area contributed by atoms with Crippen molar-refractivity contribution in [3.8, 4) is 5.69 Å². The second-order valence-electron chi connectivity index (χ2n) is 7.79. The fraction of sp³-hybridized carbons (Fsp3) is 0.500. The number of benzene rings is 1. The lowest BCUT2D eigenvalue weighted by molar-refractivity contribution is 0.112. The van der Waals surface area contributed by atoms with E-state index in [-0.39, 0.29) is 17.6 Å². The lowest BCUT2D eigenvalue weighted by Crippen LogP contribution is -2.35. The zero-order valence-electron chi connectivity index (χ0n) is 16.0. The maximum atomic E-state index is 12.4. The summed E-state index contributed by atoms with van der Waals surface area (Å²) in [5.41, 5.74) is 2.75. The normalized spacial score (nSPS) is 17.3. The number of amides is 2. The van der Waals surface area contributed by atoms with Gasteiger partial charge in [-0.05, 0) is 31.9 Å². The second kappa shape index (κ2) is 7.50. The first-order valence-electron chi connectivity index (χ1n) is 9.18. The van der Waals surface area contributed by atoms with E-state index in [0.717, 1.165) is 36.4 Å². The molecule has 2 N–H and O–H groups in total. The highest BCUT2D eigenvalue weighted by Crippen LogP contribution is 2.31. The first kappa shape index (κ1) is 18.5. The van der Waals surface area contributed by atoms with Crippen LogP contribution in [0.15, 0.2) is 30.3 Å². The summed E-state index contributed by atoms with van der Waals surface area (Å²) >= 11 is 0. The van der Waals surface area contributed by atoms with E-state index in [4.69, 9.17) is 9.84 Å². The number of carbonyl (C=O) groups is 1. The summed E-state index contributed by atoms with van der Waals surface area (Å²) < 4.78 is 7.37. The number of ether oxygens (including phenoxy) is 1. The van der Waals surface area contributed by atoms with E-state index < -0.39 is 0 Å². The van der Waals surface area contributed by atoms with Crippen LogP contribution < -0.4 is 10.6 Å². The van der Waals surface area contributed by atoms with Gasteiger partial charge in [0.1, 0.15) is 5.82 Å². The summed E-state index contributed by atoms with van der Waals surface area (Å²) in [6.07, 6.45) is 2.17. The van der Waals surface area contributed by atoms with Crippen LogP contribution >= 0.6 is 0 Å². The van der Waals surface area contributed by atoms with Crippen LogP contribution in [0.25, 0.3) is 5.69 Å². The molecule has 1 fully saturated rings. The van der Waals surface area contributed by atoms with E-state index in [0.29, 0.717) is 12.4 Å². The molecule has 0 radical (unpaired) electrons. The number of para-hydroxylation sites is 1. The molecule has 26 heavy (non-hydrogen) atoms. The van der Waals surface area contributed by atoms with Crippen molar-refractivity contribution in [1.29, 1.82) is 0 Å². The Morgan fingerprint density at radius 3 is 2.65 bits per heavy atom. The van der Waals surface area contributed by atoms with Crippen LogP contribution in [0.2, 0.25) is 0 Å². The van der Waals surface area contributed by atoms with Gasteiger partial charge < -0.3 is 10.1 Å². The molecular formula is C20H28N4O2. The molecule has 6 heteroatoms. The Hall–Kier alpha value is -2.34. The van der Waals surface area contributed by atoms with Gasteiger partial charge >= 0.3 is 6.03 Å². The fourth-order valence-corrected chi connectivity index (χ4v) is 3.27. The van der Waals surface area contributed by atoms with Crippen molar-refractivity contribution in [3.63, 3.8) is 0 Å². The lowest BCUT2D eigenvalue weighted by atomic mass is 9.90. The number of carbonyl (C=O) groups excluding carboxylic acids is 1. The minimum absolute atomic E-state index is 0.116. The van der Waals surface area contributed by atoms with E-state index in [1.807, 2.05) is 41.9 Å². The third kappa shape index (κ3) is 4.07. The van der Waals surface area contributed by atoms with Crippen LogP contribution in [0.1, 0.15) is 44.9 Å². The largest absolute Gasteiger partial charge is 0.376 e. The quantitative estimate of drug-likeness (QED) is 0.876. The molecule has 1 unspecified atom stereocenters.